The Morgan fingerprint density at radius 1 is 0.457 bits per heavy atom. The minimum absolute atomic E-state index is 0.0352. The zero-order valence-electron chi connectivity index (χ0n) is 46.0. The highest BCUT2D eigenvalue weighted by atomic mass is 31.2. The van der Waals surface area contributed by atoms with Crippen LogP contribution in [0, 0.1) is 0 Å². The quantitative estimate of drug-likeness (QED) is 0.0195. The SMILES string of the molecule is CC/C=C\C/C=C\C/C=C\C/C=C\CCCCCCCCCCC(=O)OC(COC(=O)CCCCCCCCCCCCCCC/C=C\C/C=C\CCCCCCC)COP(=O)([O-])OCC[N+](C)(C)C. The third kappa shape index (κ3) is 54.8. The molecule has 0 spiro atoms. The average Bonchev–Trinajstić information content (AvgIpc) is 3.32. The molecule has 0 aromatic carbocycles. The van der Waals surface area contributed by atoms with E-state index >= 15 is 0 Å². The van der Waals surface area contributed by atoms with Crippen LogP contribution in [0.5, 0.6) is 0 Å². The van der Waals surface area contributed by atoms with E-state index < -0.39 is 26.5 Å². The molecule has 0 saturated heterocycles. The number of likely N-dealkylation sites (N-methyl/N-ethyl adjacent to an activating group) is 1. The summed E-state index contributed by atoms with van der Waals surface area (Å²) >= 11 is 0. The number of nitrogens with zero attached hydrogens (tertiary/aromatic N) is 1. The smallest absolute Gasteiger partial charge is 0.306 e. The van der Waals surface area contributed by atoms with Crippen LogP contribution < -0.4 is 4.89 Å². The first kappa shape index (κ1) is 67.5. The van der Waals surface area contributed by atoms with E-state index in [1.54, 1.807) is 0 Å². The molecule has 0 aliphatic rings. The van der Waals surface area contributed by atoms with Crippen molar-refractivity contribution in [3.63, 3.8) is 0 Å². The predicted molar refractivity (Wildman–Crippen MR) is 296 cm³/mol. The molecule has 0 aromatic heterocycles. The van der Waals surface area contributed by atoms with E-state index in [1.165, 1.54) is 135 Å². The standard InChI is InChI=1S/C60H108NO8P/c1-6-8-10-12-14-16-18-20-22-24-26-28-29-30-31-33-34-36-38-40-42-44-46-48-50-52-59(62)66-56-58(57-68-70(64,65)67-55-54-61(3,4)5)69-60(63)53-51-49-47-45-43-41-39-37-35-32-27-25-23-21-19-17-15-13-11-9-7-2/h9,11,15,17-18,20-21,23-24,26-27,32,58H,6-8,10,12-14,16,19,22,25,28-31,33-57H2,1-5H3/b11-9-,17-15-,20-18-,23-21-,26-24-,32-27-. The molecule has 0 N–H and O–H groups in total. The third-order valence-corrected chi connectivity index (χ3v) is 13.2. The van der Waals surface area contributed by atoms with Gasteiger partial charge in [0.2, 0.25) is 0 Å². The molecular weight excluding hydrogens is 894 g/mol. The van der Waals surface area contributed by atoms with Gasteiger partial charge in [0.25, 0.3) is 7.82 Å². The first-order valence-electron chi connectivity index (χ1n) is 28.6. The molecule has 0 radical (unpaired) electrons. The minimum Gasteiger partial charge on any atom is -0.756 e. The Balaban J connectivity index is 4.18. The Morgan fingerprint density at radius 3 is 1.21 bits per heavy atom. The fourth-order valence-electron chi connectivity index (χ4n) is 7.80. The summed E-state index contributed by atoms with van der Waals surface area (Å²) in [6, 6.07) is 0. The summed E-state index contributed by atoms with van der Waals surface area (Å²) in [7, 11) is 1.16. The zero-order chi connectivity index (χ0) is 51.3. The van der Waals surface area contributed by atoms with E-state index in [1.807, 2.05) is 21.1 Å². The molecule has 0 aliphatic heterocycles. The number of allylic oxidation sites excluding steroid dienone is 12. The first-order chi connectivity index (χ1) is 34.0. The van der Waals surface area contributed by atoms with E-state index in [9.17, 15) is 19.0 Å². The van der Waals surface area contributed by atoms with Gasteiger partial charge in [0, 0.05) is 12.8 Å². The number of quaternary nitrogens is 1. The van der Waals surface area contributed by atoms with Crippen LogP contribution in [-0.4, -0.2) is 70.0 Å². The van der Waals surface area contributed by atoms with Gasteiger partial charge in [0.1, 0.15) is 19.8 Å². The lowest BCUT2D eigenvalue weighted by atomic mass is 10.0. The van der Waals surface area contributed by atoms with Crippen LogP contribution in [0.25, 0.3) is 0 Å². The lowest BCUT2D eigenvalue weighted by molar-refractivity contribution is -0.870. The van der Waals surface area contributed by atoms with Crippen LogP contribution in [0.15, 0.2) is 72.9 Å². The number of carbonyl (C=O) groups is 2. The van der Waals surface area contributed by atoms with Gasteiger partial charge in [-0.2, -0.15) is 0 Å². The van der Waals surface area contributed by atoms with Gasteiger partial charge in [0.05, 0.1) is 27.7 Å². The van der Waals surface area contributed by atoms with Crippen LogP contribution >= 0.6 is 7.82 Å². The van der Waals surface area contributed by atoms with Crippen molar-refractivity contribution >= 4 is 19.8 Å². The number of unbranched alkanes of at least 4 members (excludes halogenated alkanes) is 26. The number of carbonyl (C=O) groups excluding carboxylic acids is 2. The fraction of sp³-hybridized carbons (Fsp3) is 0.767. The van der Waals surface area contributed by atoms with Gasteiger partial charge in [-0.05, 0) is 83.5 Å². The largest absolute Gasteiger partial charge is 0.756 e. The van der Waals surface area contributed by atoms with Crippen molar-refractivity contribution in [2.45, 2.75) is 251 Å². The monoisotopic (exact) mass is 1000 g/mol. The van der Waals surface area contributed by atoms with Gasteiger partial charge in [-0.3, -0.25) is 14.2 Å². The Morgan fingerprint density at radius 2 is 0.814 bits per heavy atom. The summed E-state index contributed by atoms with van der Waals surface area (Å²) in [5.41, 5.74) is 0. The number of phosphoric ester groups is 1. The molecule has 0 bridgehead atoms. The van der Waals surface area contributed by atoms with Crippen LogP contribution in [0.3, 0.4) is 0 Å². The molecule has 0 rings (SSSR count). The Kier molecular flexibility index (Phi) is 49.5. The summed E-state index contributed by atoms with van der Waals surface area (Å²) in [5, 5.41) is 0. The van der Waals surface area contributed by atoms with Gasteiger partial charge in [0.15, 0.2) is 6.10 Å². The minimum atomic E-state index is -4.64. The van der Waals surface area contributed by atoms with Crippen LogP contribution in [0.4, 0.5) is 0 Å². The van der Waals surface area contributed by atoms with E-state index in [-0.39, 0.29) is 32.0 Å². The maximum Gasteiger partial charge on any atom is 0.306 e. The molecule has 406 valence electrons. The van der Waals surface area contributed by atoms with Gasteiger partial charge < -0.3 is 27.9 Å². The van der Waals surface area contributed by atoms with Crippen molar-refractivity contribution in [1.29, 1.82) is 0 Å². The Bertz CT molecular complexity index is 1410. The second-order valence-corrected chi connectivity index (χ2v) is 21.7. The number of esters is 2. The number of ether oxygens (including phenoxy) is 2. The van der Waals surface area contributed by atoms with Crippen molar-refractivity contribution in [1.82, 2.24) is 0 Å². The average molecular weight is 1000 g/mol. The summed E-state index contributed by atoms with van der Waals surface area (Å²) in [6.07, 6.45) is 66.5. The fourth-order valence-corrected chi connectivity index (χ4v) is 8.52. The molecule has 10 heteroatoms. The molecule has 2 atom stereocenters. The maximum atomic E-state index is 12.8. The number of phosphoric acid groups is 1. The van der Waals surface area contributed by atoms with Crippen molar-refractivity contribution < 1.29 is 42.1 Å². The second-order valence-electron chi connectivity index (χ2n) is 20.3. The normalized spacial score (nSPS) is 13.9. The van der Waals surface area contributed by atoms with Crippen molar-refractivity contribution in [3.8, 4) is 0 Å². The Labute approximate surface area is 431 Å². The summed E-state index contributed by atoms with van der Waals surface area (Å²) in [6.45, 7) is 4.12. The van der Waals surface area contributed by atoms with Crippen molar-refractivity contribution in [2.75, 3.05) is 47.5 Å². The molecule has 0 aliphatic carbocycles. The van der Waals surface area contributed by atoms with E-state index in [4.69, 9.17) is 18.5 Å². The molecule has 0 fully saturated rings. The third-order valence-electron chi connectivity index (χ3n) is 12.2. The zero-order valence-corrected chi connectivity index (χ0v) is 46.8. The number of hydrogen-bond acceptors (Lipinski definition) is 8. The van der Waals surface area contributed by atoms with Crippen LogP contribution in [0.2, 0.25) is 0 Å². The highest BCUT2D eigenvalue weighted by Crippen LogP contribution is 2.38. The van der Waals surface area contributed by atoms with E-state index in [0.29, 0.717) is 17.4 Å². The lowest BCUT2D eigenvalue weighted by Gasteiger charge is -2.28. The van der Waals surface area contributed by atoms with Crippen molar-refractivity contribution in [3.05, 3.63) is 72.9 Å². The van der Waals surface area contributed by atoms with Gasteiger partial charge in [-0.1, -0.05) is 222 Å². The van der Waals surface area contributed by atoms with Crippen LogP contribution in [0.1, 0.15) is 245 Å². The maximum absolute atomic E-state index is 12.8. The highest BCUT2D eigenvalue weighted by molar-refractivity contribution is 7.45. The second kappa shape index (κ2) is 51.4. The predicted octanol–water partition coefficient (Wildman–Crippen LogP) is 17.1. The molecule has 70 heavy (non-hydrogen) atoms. The summed E-state index contributed by atoms with van der Waals surface area (Å²) in [5.74, 6) is -0.841. The molecule has 2 unspecified atom stereocenters. The van der Waals surface area contributed by atoms with Gasteiger partial charge in [-0.25, -0.2) is 0 Å². The number of rotatable bonds is 52. The molecule has 0 amide bonds. The van der Waals surface area contributed by atoms with Crippen LogP contribution in [-0.2, 0) is 32.7 Å². The molecular formula is C60H108NO8P. The van der Waals surface area contributed by atoms with E-state index in [0.717, 1.165) is 77.0 Å². The Hall–Kier alpha value is -2.55. The van der Waals surface area contributed by atoms with E-state index in [2.05, 4.69) is 86.8 Å². The topological polar surface area (TPSA) is 111 Å². The molecule has 0 saturated carbocycles. The van der Waals surface area contributed by atoms with Gasteiger partial charge >= 0.3 is 11.9 Å². The summed E-state index contributed by atoms with van der Waals surface area (Å²) < 4.78 is 34.1. The number of hydrogen-bond donors (Lipinski definition) is 0. The lowest BCUT2D eigenvalue weighted by Crippen LogP contribution is -2.37. The first-order valence-corrected chi connectivity index (χ1v) is 30.1. The molecule has 0 heterocycles. The van der Waals surface area contributed by atoms with Crippen molar-refractivity contribution in [2.24, 2.45) is 0 Å². The highest BCUT2D eigenvalue weighted by Gasteiger charge is 2.21. The summed E-state index contributed by atoms with van der Waals surface area (Å²) in [4.78, 5) is 37.9. The van der Waals surface area contributed by atoms with Gasteiger partial charge in [-0.15, -0.1) is 0 Å². The molecule has 9 nitrogen and oxygen atoms in total. The molecule has 0 aromatic rings.